The van der Waals surface area contributed by atoms with Crippen LogP contribution in [0.2, 0.25) is 0 Å². The summed E-state index contributed by atoms with van der Waals surface area (Å²) in [6, 6.07) is 0. The molecule has 0 bridgehead atoms. The number of ether oxygens (including phenoxy) is 2. The summed E-state index contributed by atoms with van der Waals surface area (Å²) >= 11 is 0. The van der Waals surface area contributed by atoms with E-state index in [0.717, 1.165) is 70.6 Å². The first kappa shape index (κ1) is 57.4. The number of quaternary nitrogens is 1. The number of aliphatic hydroxyl groups excluding tert-OH is 1. The number of phosphoric ester groups is 1. The van der Waals surface area contributed by atoms with E-state index in [1.165, 1.54) is 0 Å². The monoisotopic (exact) mass is 871 g/mol. The Morgan fingerprint density at radius 2 is 1.11 bits per heavy atom. The minimum atomic E-state index is -4.42. The standard InChI is InChI=1S/C50H80NO9P/c1-6-8-10-12-14-15-16-17-18-19-20-21-22-26-29-33-37-41-49(53)57-45-48(46-59-61(55,56)58-44-43-51(3,4)5)60-50(54)42-38-34-30-27-24-23-25-28-32-36-40-47(52)39-35-31-13-11-9-7-2/h8-11,14-15,17-18,20-21,23-24,28,30-32,34-36,40,47-48,52H,6-7,12-13,16,19,22,25-27,29,33,37-39,41-46H2,1-5H3/p+1/b10-8-,11-9-,15-14-,18-17-,21-20-,24-23-,32-28-,34-30-,35-31-,40-36+/t47?,48-/m1/s1. The highest BCUT2D eigenvalue weighted by molar-refractivity contribution is 7.47. The number of carbonyl (C=O) groups is 2. The van der Waals surface area contributed by atoms with E-state index < -0.39 is 38.6 Å². The molecule has 0 radical (unpaired) electrons. The van der Waals surface area contributed by atoms with E-state index in [2.05, 4.69) is 80.7 Å². The Morgan fingerprint density at radius 3 is 1.70 bits per heavy atom. The second-order valence-corrected chi connectivity index (χ2v) is 17.0. The highest BCUT2D eigenvalue weighted by atomic mass is 31.2. The van der Waals surface area contributed by atoms with E-state index in [-0.39, 0.29) is 26.1 Å². The average Bonchev–Trinajstić information content (AvgIpc) is 3.21. The lowest BCUT2D eigenvalue weighted by Gasteiger charge is -2.24. The summed E-state index contributed by atoms with van der Waals surface area (Å²) in [6.45, 7) is 3.96. The summed E-state index contributed by atoms with van der Waals surface area (Å²) in [5.41, 5.74) is 0. The van der Waals surface area contributed by atoms with E-state index in [4.69, 9.17) is 18.5 Å². The fraction of sp³-hybridized carbons (Fsp3) is 0.560. The molecule has 0 heterocycles. The molecule has 61 heavy (non-hydrogen) atoms. The summed E-state index contributed by atoms with van der Waals surface area (Å²) in [7, 11) is 1.36. The van der Waals surface area contributed by atoms with Crippen molar-refractivity contribution in [1.82, 2.24) is 0 Å². The molecule has 0 aromatic rings. The van der Waals surface area contributed by atoms with Crippen molar-refractivity contribution in [2.75, 3.05) is 47.5 Å². The zero-order valence-electron chi connectivity index (χ0n) is 38.2. The number of allylic oxidation sites excluding steroid dienone is 18. The number of phosphoric acid groups is 1. The Kier molecular flexibility index (Phi) is 38.0. The molecule has 0 aromatic heterocycles. The van der Waals surface area contributed by atoms with Crippen LogP contribution in [0.15, 0.2) is 122 Å². The largest absolute Gasteiger partial charge is 0.472 e. The second-order valence-electron chi connectivity index (χ2n) is 15.5. The normalized spacial score (nSPS) is 15.2. The maximum Gasteiger partial charge on any atom is 0.472 e. The van der Waals surface area contributed by atoms with Crippen LogP contribution in [0.4, 0.5) is 0 Å². The van der Waals surface area contributed by atoms with Gasteiger partial charge in [0.2, 0.25) is 0 Å². The van der Waals surface area contributed by atoms with Crippen LogP contribution in [-0.4, -0.2) is 86.1 Å². The Morgan fingerprint density at radius 1 is 0.590 bits per heavy atom. The number of carbonyl (C=O) groups excluding carboxylic acids is 2. The van der Waals surface area contributed by atoms with Crippen molar-refractivity contribution in [3.8, 4) is 0 Å². The van der Waals surface area contributed by atoms with Crippen LogP contribution < -0.4 is 0 Å². The molecule has 0 amide bonds. The molecule has 2 unspecified atom stereocenters. The topological polar surface area (TPSA) is 129 Å². The van der Waals surface area contributed by atoms with Crippen molar-refractivity contribution in [2.24, 2.45) is 0 Å². The number of nitrogens with zero attached hydrogens (tertiary/aromatic N) is 1. The van der Waals surface area contributed by atoms with Gasteiger partial charge in [-0.25, -0.2) is 4.57 Å². The highest BCUT2D eigenvalue weighted by Gasteiger charge is 2.27. The molecule has 0 fully saturated rings. The zero-order chi connectivity index (χ0) is 45.1. The first-order valence-corrected chi connectivity index (χ1v) is 23.9. The number of esters is 2. The van der Waals surface area contributed by atoms with Gasteiger partial charge in [0, 0.05) is 12.8 Å². The Balaban J connectivity index is 4.61. The number of hydrogen-bond donors (Lipinski definition) is 2. The molecule has 0 rings (SSSR count). The van der Waals surface area contributed by atoms with Crippen molar-refractivity contribution >= 4 is 19.8 Å². The molecule has 344 valence electrons. The van der Waals surface area contributed by atoms with Gasteiger partial charge in [-0.3, -0.25) is 18.6 Å². The Hall–Kier alpha value is -3.63. The first-order chi connectivity index (χ1) is 29.4. The number of aliphatic hydroxyl groups is 1. The average molecular weight is 871 g/mol. The van der Waals surface area contributed by atoms with Gasteiger partial charge in [-0.1, -0.05) is 148 Å². The van der Waals surface area contributed by atoms with Gasteiger partial charge in [-0.2, -0.15) is 0 Å². The quantitative estimate of drug-likeness (QED) is 0.0156. The summed E-state index contributed by atoms with van der Waals surface area (Å²) in [5, 5.41) is 10.0. The third-order valence-corrected chi connectivity index (χ3v) is 9.57. The first-order valence-electron chi connectivity index (χ1n) is 22.4. The van der Waals surface area contributed by atoms with Gasteiger partial charge in [-0.05, 0) is 83.5 Å². The molecule has 0 aliphatic rings. The highest BCUT2D eigenvalue weighted by Crippen LogP contribution is 2.43. The molecule has 11 heteroatoms. The van der Waals surface area contributed by atoms with Gasteiger partial charge >= 0.3 is 19.8 Å². The van der Waals surface area contributed by atoms with Crippen molar-refractivity contribution in [1.29, 1.82) is 0 Å². The Bertz CT molecular complexity index is 1460. The minimum Gasteiger partial charge on any atom is -0.462 e. The molecule has 3 atom stereocenters. The van der Waals surface area contributed by atoms with Gasteiger partial charge in [0.05, 0.1) is 33.9 Å². The number of hydrogen-bond acceptors (Lipinski definition) is 8. The van der Waals surface area contributed by atoms with Gasteiger partial charge in [0.25, 0.3) is 0 Å². The molecular weight excluding hydrogens is 790 g/mol. The van der Waals surface area contributed by atoms with Gasteiger partial charge in [0.1, 0.15) is 19.8 Å². The third kappa shape index (κ3) is 44.2. The fourth-order valence-electron chi connectivity index (χ4n) is 5.11. The fourth-order valence-corrected chi connectivity index (χ4v) is 5.85. The van der Waals surface area contributed by atoms with Crippen molar-refractivity contribution in [2.45, 2.75) is 135 Å². The van der Waals surface area contributed by atoms with E-state index in [0.29, 0.717) is 36.7 Å². The molecule has 0 saturated carbocycles. The minimum absolute atomic E-state index is 0.00310. The van der Waals surface area contributed by atoms with Crippen LogP contribution in [0.5, 0.6) is 0 Å². The Labute approximate surface area is 370 Å². The van der Waals surface area contributed by atoms with Crippen LogP contribution in [0, 0.1) is 0 Å². The molecule has 0 aliphatic heterocycles. The van der Waals surface area contributed by atoms with Crippen molar-refractivity contribution in [3.63, 3.8) is 0 Å². The molecule has 2 N–H and O–H groups in total. The molecule has 0 aliphatic carbocycles. The number of likely N-dealkylation sites (N-methyl/N-ethyl adjacent to an activating group) is 1. The maximum atomic E-state index is 12.7. The van der Waals surface area contributed by atoms with Gasteiger partial charge in [-0.15, -0.1) is 0 Å². The van der Waals surface area contributed by atoms with Crippen LogP contribution in [0.25, 0.3) is 0 Å². The van der Waals surface area contributed by atoms with Gasteiger partial charge < -0.3 is 24.0 Å². The van der Waals surface area contributed by atoms with E-state index in [1.54, 1.807) is 6.08 Å². The van der Waals surface area contributed by atoms with Crippen molar-refractivity contribution in [3.05, 3.63) is 122 Å². The smallest absolute Gasteiger partial charge is 0.462 e. The van der Waals surface area contributed by atoms with E-state index in [9.17, 15) is 24.2 Å². The molecule has 0 aromatic carbocycles. The predicted octanol–water partition coefficient (Wildman–Crippen LogP) is 11.9. The van der Waals surface area contributed by atoms with Crippen LogP contribution >= 0.6 is 7.82 Å². The van der Waals surface area contributed by atoms with Gasteiger partial charge in [0.15, 0.2) is 6.10 Å². The molecule has 10 nitrogen and oxygen atoms in total. The number of rotatable bonds is 38. The van der Waals surface area contributed by atoms with Crippen molar-refractivity contribution < 1.29 is 47.2 Å². The van der Waals surface area contributed by atoms with E-state index >= 15 is 0 Å². The lowest BCUT2D eigenvalue weighted by atomic mass is 10.1. The van der Waals surface area contributed by atoms with Crippen LogP contribution in [-0.2, 0) is 32.7 Å². The number of unbranched alkanes of at least 4 members (excludes halogenated alkanes) is 4. The summed E-state index contributed by atoms with van der Waals surface area (Å²) < 4.78 is 34.2. The van der Waals surface area contributed by atoms with Crippen LogP contribution in [0.1, 0.15) is 123 Å². The second kappa shape index (κ2) is 40.4. The summed E-state index contributed by atoms with van der Waals surface area (Å²) in [5.74, 6) is -0.969. The van der Waals surface area contributed by atoms with E-state index in [1.807, 2.05) is 69.8 Å². The third-order valence-electron chi connectivity index (χ3n) is 8.58. The lowest BCUT2D eigenvalue weighted by molar-refractivity contribution is -0.870. The maximum absolute atomic E-state index is 12.7. The summed E-state index contributed by atoms with van der Waals surface area (Å²) in [6.07, 6.45) is 52.9. The van der Waals surface area contributed by atoms with Crippen LogP contribution in [0.3, 0.4) is 0 Å². The molecule has 0 saturated heterocycles. The summed E-state index contributed by atoms with van der Waals surface area (Å²) in [4.78, 5) is 35.4. The molecular formula is C50H81NO9P+. The zero-order valence-corrected chi connectivity index (χ0v) is 39.1. The molecule has 0 spiro atoms. The lowest BCUT2D eigenvalue weighted by Crippen LogP contribution is -2.37. The predicted molar refractivity (Wildman–Crippen MR) is 253 cm³/mol. The SMILES string of the molecule is CC/C=C\C/C=C\C/C=C\C/C=C\CCCCCCC(=O)OC[C@H](COP(=O)(O)OCC[N+](C)(C)C)OC(=O)CC/C=C\C/C=C\C/C=C\C=C\C(O)C/C=C\C/C=C\CC.